The van der Waals surface area contributed by atoms with Crippen LogP contribution in [0.2, 0.25) is 0 Å². The van der Waals surface area contributed by atoms with Crippen LogP contribution in [-0.2, 0) is 4.79 Å². The quantitative estimate of drug-likeness (QED) is 0.793. The molecular weight excluding hydrogens is 259 g/mol. The molecule has 0 aliphatic carbocycles. The van der Waals surface area contributed by atoms with Gasteiger partial charge in [-0.2, -0.15) is 5.26 Å². The van der Waals surface area contributed by atoms with Crippen molar-refractivity contribution in [3.63, 3.8) is 0 Å². The van der Waals surface area contributed by atoms with Crippen LogP contribution >= 0.6 is 0 Å². The highest BCUT2D eigenvalue weighted by Crippen LogP contribution is 2.30. The lowest BCUT2D eigenvalue weighted by atomic mass is 9.90. The fourth-order valence-corrected chi connectivity index (χ4v) is 2.23. The van der Waals surface area contributed by atoms with Crippen LogP contribution in [0.3, 0.4) is 0 Å². The molecule has 2 rings (SSSR count). The molecule has 0 N–H and O–H groups in total. The molecule has 1 aromatic carbocycles. The fraction of sp³-hybridized carbons (Fsp3) is 0.400. The summed E-state index contributed by atoms with van der Waals surface area (Å²) in [6, 6.07) is 5.97. The van der Waals surface area contributed by atoms with E-state index >= 15 is 0 Å². The van der Waals surface area contributed by atoms with Crippen molar-refractivity contribution < 1.29 is 14.0 Å². The number of benzene rings is 1. The molecule has 0 spiro atoms. The van der Waals surface area contributed by atoms with Crippen molar-refractivity contribution in [3.05, 3.63) is 29.6 Å². The molecule has 1 aliphatic heterocycles. The topological polar surface area (TPSA) is 61.2 Å². The molecule has 0 saturated heterocycles. The van der Waals surface area contributed by atoms with Gasteiger partial charge in [0, 0.05) is 6.54 Å². The Balaban J connectivity index is 2.13. The van der Waals surface area contributed by atoms with Crippen molar-refractivity contribution in [1.29, 1.82) is 5.26 Å². The third-order valence-corrected chi connectivity index (χ3v) is 3.42. The third-order valence-electron chi connectivity index (χ3n) is 3.42. The standard InChI is InChI=1S/C15H15FN2O2/c1-15(2,9-17)6-3-7-18-12-5-4-10(16)8-11(12)13(19)14(18)20/h4-5,8H,3,6-7H2,1-2H3. The minimum absolute atomic E-state index is 0.120. The number of Topliss-reactive ketones (excluding diaryl/α,β-unsaturated/α-hetero) is 1. The average Bonchev–Trinajstić information content (AvgIpc) is 2.63. The lowest BCUT2D eigenvalue weighted by Crippen LogP contribution is -2.31. The largest absolute Gasteiger partial charge is 0.305 e. The van der Waals surface area contributed by atoms with E-state index in [1.54, 1.807) is 0 Å². The van der Waals surface area contributed by atoms with Crippen molar-refractivity contribution in [1.82, 2.24) is 0 Å². The number of carbonyl (C=O) groups is 2. The minimum Gasteiger partial charge on any atom is -0.305 e. The molecule has 0 fully saturated rings. The van der Waals surface area contributed by atoms with E-state index in [-0.39, 0.29) is 5.56 Å². The van der Waals surface area contributed by atoms with Gasteiger partial charge in [-0.25, -0.2) is 4.39 Å². The summed E-state index contributed by atoms with van der Waals surface area (Å²) in [6.45, 7) is 4.01. The minimum atomic E-state index is -0.668. The number of amides is 1. The van der Waals surface area contributed by atoms with Gasteiger partial charge in [-0.1, -0.05) is 0 Å². The summed E-state index contributed by atoms with van der Waals surface area (Å²) >= 11 is 0. The fourth-order valence-electron chi connectivity index (χ4n) is 2.23. The lowest BCUT2D eigenvalue weighted by molar-refractivity contribution is -0.114. The molecule has 0 saturated carbocycles. The van der Waals surface area contributed by atoms with Crippen LogP contribution in [-0.4, -0.2) is 18.2 Å². The number of anilines is 1. The Bertz CT molecular complexity index is 617. The summed E-state index contributed by atoms with van der Waals surface area (Å²) in [4.78, 5) is 25.0. The van der Waals surface area contributed by atoms with Gasteiger partial charge in [0.25, 0.3) is 11.7 Å². The summed E-state index contributed by atoms with van der Waals surface area (Å²) in [5.41, 5.74) is 0.115. The molecule has 1 heterocycles. The van der Waals surface area contributed by atoms with E-state index in [0.29, 0.717) is 25.1 Å². The Labute approximate surface area is 116 Å². The normalized spacial score (nSPS) is 14.4. The number of nitriles is 1. The third kappa shape index (κ3) is 2.55. The van der Waals surface area contributed by atoms with E-state index in [1.165, 1.54) is 17.0 Å². The number of fused-ring (bicyclic) bond motifs is 1. The Morgan fingerprint density at radius 1 is 1.35 bits per heavy atom. The van der Waals surface area contributed by atoms with Gasteiger partial charge < -0.3 is 4.90 Å². The van der Waals surface area contributed by atoms with Crippen LogP contribution in [0.25, 0.3) is 0 Å². The highest BCUT2D eigenvalue weighted by molar-refractivity contribution is 6.52. The molecule has 4 nitrogen and oxygen atoms in total. The second-order valence-corrected chi connectivity index (χ2v) is 5.55. The van der Waals surface area contributed by atoms with Gasteiger partial charge in [-0.05, 0) is 44.9 Å². The summed E-state index contributed by atoms with van der Waals surface area (Å²) in [7, 11) is 0. The van der Waals surface area contributed by atoms with Crippen LogP contribution in [0.15, 0.2) is 18.2 Å². The SMILES string of the molecule is CC(C)(C#N)CCCN1C(=O)C(=O)c2cc(F)ccc21. The van der Waals surface area contributed by atoms with E-state index in [2.05, 4.69) is 6.07 Å². The highest BCUT2D eigenvalue weighted by atomic mass is 19.1. The molecular formula is C15H15FN2O2. The summed E-state index contributed by atoms with van der Waals surface area (Å²) < 4.78 is 13.1. The lowest BCUT2D eigenvalue weighted by Gasteiger charge is -2.19. The van der Waals surface area contributed by atoms with E-state index < -0.39 is 22.9 Å². The zero-order chi connectivity index (χ0) is 14.9. The molecule has 0 unspecified atom stereocenters. The van der Waals surface area contributed by atoms with Crippen LogP contribution in [0.4, 0.5) is 10.1 Å². The molecule has 1 aromatic rings. The maximum Gasteiger partial charge on any atom is 0.299 e. The Hall–Kier alpha value is -2.22. The van der Waals surface area contributed by atoms with Gasteiger partial charge >= 0.3 is 0 Å². The zero-order valence-electron chi connectivity index (χ0n) is 11.4. The molecule has 0 radical (unpaired) electrons. The maximum absolute atomic E-state index is 13.1. The predicted molar refractivity (Wildman–Crippen MR) is 71.7 cm³/mol. The van der Waals surface area contributed by atoms with Gasteiger partial charge in [0.2, 0.25) is 0 Å². The van der Waals surface area contributed by atoms with Gasteiger partial charge in [0.15, 0.2) is 0 Å². The number of halogens is 1. The highest BCUT2D eigenvalue weighted by Gasteiger charge is 2.35. The number of rotatable bonds is 4. The molecule has 0 bridgehead atoms. The number of nitrogens with zero attached hydrogens (tertiary/aromatic N) is 2. The van der Waals surface area contributed by atoms with Gasteiger partial charge in [-0.15, -0.1) is 0 Å². The van der Waals surface area contributed by atoms with E-state index in [9.17, 15) is 14.0 Å². The van der Waals surface area contributed by atoms with E-state index in [1.807, 2.05) is 13.8 Å². The molecule has 1 amide bonds. The second-order valence-electron chi connectivity index (χ2n) is 5.55. The second kappa shape index (κ2) is 5.04. The van der Waals surface area contributed by atoms with Gasteiger partial charge in [0.1, 0.15) is 5.82 Å². The van der Waals surface area contributed by atoms with Crippen molar-refractivity contribution in [2.75, 3.05) is 11.4 Å². The first-order chi connectivity index (χ1) is 9.35. The van der Waals surface area contributed by atoms with Crippen molar-refractivity contribution in [2.24, 2.45) is 5.41 Å². The first-order valence-electron chi connectivity index (χ1n) is 6.43. The average molecular weight is 274 g/mol. The van der Waals surface area contributed by atoms with Gasteiger partial charge in [0.05, 0.1) is 22.7 Å². The zero-order valence-corrected chi connectivity index (χ0v) is 11.4. The summed E-state index contributed by atoms with van der Waals surface area (Å²) in [5.74, 6) is -1.82. The number of ketones is 1. The number of hydrogen-bond acceptors (Lipinski definition) is 3. The Kier molecular flexibility index (Phi) is 3.58. The monoisotopic (exact) mass is 274 g/mol. The number of carbonyl (C=O) groups excluding carboxylic acids is 2. The molecule has 104 valence electrons. The summed E-state index contributed by atoms with van der Waals surface area (Å²) in [6.07, 6.45) is 1.23. The smallest absolute Gasteiger partial charge is 0.299 e. The predicted octanol–water partition coefficient (Wildman–Crippen LogP) is 2.68. The first kappa shape index (κ1) is 14.2. The van der Waals surface area contributed by atoms with Crippen LogP contribution in [0.1, 0.15) is 37.0 Å². The molecule has 20 heavy (non-hydrogen) atoms. The van der Waals surface area contributed by atoms with Crippen LogP contribution in [0.5, 0.6) is 0 Å². The maximum atomic E-state index is 13.1. The van der Waals surface area contributed by atoms with E-state index in [0.717, 1.165) is 6.07 Å². The molecule has 5 heteroatoms. The number of hydrogen-bond donors (Lipinski definition) is 0. The van der Waals surface area contributed by atoms with Crippen LogP contribution in [0, 0.1) is 22.6 Å². The van der Waals surface area contributed by atoms with Crippen LogP contribution < -0.4 is 4.90 Å². The molecule has 1 aliphatic rings. The van der Waals surface area contributed by atoms with Crippen molar-refractivity contribution in [3.8, 4) is 6.07 Å². The van der Waals surface area contributed by atoms with Crippen molar-refractivity contribution in [2.45, 2.75) is 26.7 Å². The molecule has 0 atom stereocenters. The Morgan fingerprint density at radius 2 is 2.05 bits per heavy atom. The van der Waals surface area contributed by atoms with Gasteiger partial charge in [-0.3, -0.25) is 9.59 Å². The summed E-state index contributed by atoms with van der Waals surface area (Å²) in [5, 5.41) is 8.94. The molecule has 0 aromatic heterocycles. The van der Waals surface area contributed by atoms with E-state index in [4.69, 9.17) is 5.26 Å². The first-order valence-corrected chi connectivity index (χ1v) is 6.43. The Morgan fingerprint density at radius 3 is 2.70 bits per heavy atom. The van der Waals surface area contributed by atoms with Crippen molar-refractivity contribution >= 4 is 17.4 Å².